The lowest BCUT2D eigenvalue weighted by Gasteiger charge is -2.06. The van der Waals surface area contributed by atoms with Crippen LogP contribution in [0.3, 0.4) is 0 Å². The van der Waals surface area contributed by atoms with Crippen LogP contribution in [0.4, 0.5) is 15.8 Å². The number of nitrogen functional groups attached to an aromatic ring is 1. The molecule has 0 atom stereocenters. The largest absolute Gasteiger partial charge is 0.399 e. The van der Waals surface area contributed by atoms with Crippen molar-refractivity contribution in [3.63, 3.8) is 0 Å². The molecule has 0 saturated carbocycles. The molecule has 2 aromatic carbocycles. The Balaban J connectivity index is 2.18. The number of carbonyl (C=O) groups excluding carboxylic acids is 1. The molecule has 0 fully saturated rings. The third-order valence-electron chi connectivity index (χ3n) is 2.33. The molecule has 3 nitrogen and oxygen atoms in total. The van der Waals surface area contributed by atoms with Crippen molar-refractivity contribution in [3.8, 4) is 0 Å². The van der Waals surface area contributed by atoms with Crippen LogP contribution in [0.15, 0.2) is 42.5 Å². The molecule has 0 aromatic heterocycles. The predicted octanol–water partition coefficient (Wildman–Crippen LogP) is 3.31. The number of hydrogen-bond donors (Lipinski definition) is 2. The highest BCUT2D eigenvalue weighted by atomic mass is 35.5. The van der Waals surface area contributed by atoms with Crippen LogP contribution >= 0.6 is 11.6 Å². The predicted molar refractivity (Wildman–Crippen MR) is 70.2 cm³/mol. The summed E-state index contributed by atoms with van der Waals surface area (Å²) < 4.78 is 13.2. The van der Waals surface area contributed by atoms with Crippen molar-refractivity contribution in [2.24, 2.45) is 0 Å². The molecule has 1 amide bonds. The zero-order valence-corrected chi connectivity index (χ0v) is 10.0. The summed E-state index contributed by atoms with van der Waals surface area (Å²) in [6, 6.07) is 10.6. The van der Waals surface area contributed by atoms with Crippen molar-refractivity contribution in [2.75, 3.05) is 11.1 Å². The number of carbonyl (C=O) groups is 1. The molecule has 5 heteroatoms. The molecule has 2 aromatic rings. The molecule has 18 heavy (non-hydrogen) atoms. The lowest BCUT2D eigenvalue weighted by Crippen LogP contribution is -2.12. The quantitative estimate of drug-likeness (QED) is 0.818. The van der Waals surface area contributed by atoms with E-state index in [1.54, 1.807) is 24.3 Å². The summed E-state index contributed by atoms with van der Waals surface area (Å²) in [5, 5.41) is 2.57. The monoisotopic (exact) mass is 264 g/mol. The van der Waals surface area contributed by atoms with Crippen LogP contribution in [0.1, 0.15) is 10.4 Å². The first kappa shape index (κ1) is 12.4. The van der Waals surface area contributed by atoms with Crippen molar-refractivity contribution in [1.29, 1.82) is 0 Å². The zero-order valence-electron chi connectivity index (χ0n) is 9.28. The Morgan fingerprint density at radius 2 is 2.00 bits per heavy atom. The van der Waals surface area contributed by atoms with Crippen molar-refractivity contribution < 1.29 is 9.18 Å². The van der Waals surface area contributed by atoms with E-state index in [2.05, 4.69) is 5.32 Å². The maximum absolute atomic E-state index is 13.2. The van der Waals surface area contributed by atoms with Crippen molar-refractivity contribution in [1.82, 2.24) is 0 Å². The first-order chi connectivity index (χ1) is 8.56. The second-order valence-corrected chi connectivity index (χ2v) is 4.12. The summed E-state index contributed by atoms with van der Waals surface area (Å²) in [7, 11) is 0. The van der Waals surface area contributed by atoms with Crippen LogP contribution in [0, 0.1) is 5.82 Å². The van der Waals surface area contributed by atoms with Gasteiger partial charge in [-0.1, -0.05) is 17.7 Å². The van der Waals surface area contributed by atoms with Crippen LogP contribution < -0.4 is 11.1 Å². The summed E-state index contributed by atoms with van der Waals surface area (Å²) in [6.45, 7) is 0. The first-order valence-corrected chi connectivity index (χ1v) is 5.56. The second kappa shape index (κ2) is 5.06. The minimum Gasteiger partial charge on any atom is -0.399 e. The molecule has 0 saturated heterocycles. The number of nitrogens with one attached hydrogen (secondary N) is 1. The molecule has 2 rings (SSSR count). The van der Waals surface area contributed by atoms with E-state index in [0.29, 0.717) is 16.9 Å². The Morgan fingerprint density at radius 1 is 1.22 bits per heavy atom. The number of benzene rings is 2. The summed E-state index contributed by atoms with van der Waals surface area (Å²) in [6.07, 6.45) is 0. The normalized spacial score (nSPS) is 10.1. The van der Waals surface area contributed by atoms with Crippen LogP contribution in [0.2, 0.25) is 5.02 Å². The minimum atomic E-state index is -0.581. The number of anilines is 2. The number of nitrogens with two attached hydrogens (primary N) is 1. The van der Waals surface area contributed by atoms with E-state index < -0.39 is 5.82 Å². The van der Waals surface area contributed by atoms with E-state index in [1.165, 1.54) is 12.1 Å². The average molecular weight is 265 g/mol. The van der Waals surface area contributed by atoms with Gasteiger partial charge in [0.25, 0.3) is 5.91 Å². The van der Waals surface area contributed by atoms with Crippen LogP contribution in [0.25, 0.3) is 0 Å². The number of hydrogen-bond acceptors (Lipinski definition) is 2. The maximum atomic E-state index is 13.2. The zero-order chi connectivity index (χ0) is 13.1. The van der Waals surface area contributed by atoms with Gasteiger partial charge in [-0.15, -0.1) is 0 Å². The molecule has 0 aliphatic heterocycles. The molecule has 92 valence electrons. The van der Waals surface area contributed by atoms with Gasteiger partial charge in [0, 0.05) is 16.9 Å². The molecular formula is C13H10ClFN2O. The summed E-state index contributed by atoms with van der Waals surface area (Å²) >= 11 is 5.55. The van der Waals surface area contributed by atoms with E-state index in [1.807, 2.05) is 0 Å². The smallest absolute Gasteiger partial charge is 0.255 e. The lowest BCUT2D eigenvalue weighted by atomic mass is 10.2. The Labute approximate surface area is 108 Å². The average Bonchev–Trinajstić information content (AvgIpc) is 2.34. The van der Waals surface area contributed by atoms with E-state index in [-0.39, 0.29) is 10.9 Å². The van der Waals surface area contributed by atoms with E-state index >= 15 is 0 Å². The van der Waals surface area contributed by atoms with Gasteiger partial charge >= 0.3 is 0 Å². The van der Waals surface area contributed by atoms with Gasteiger partial charge in [-0.3, -0.25) is 4.79 Å². The second-order valence-electron chi connectivity index (χ2n) is 3.71. The topological polar surface area (TPSA) is 55.1 Å². The maximum Gasteiger partial charge on any atom is 0.255 e. The van der Waals surface area contributed by atoms with Gasteiger partial charge < -0.3 is 11.1 Å². The number of amides is 1. The summed E-state index contributed by atoms with van der Waals surface area (Å²) in [4.78, 5) is 11.8. The fourth-order valence-electron chi connectivity index (χ4n) is 1.46. The van der Waals surface area contributed by atoms with Gasteiger partial charge in [0.2, 0.25) is 0 Å². The highest BCUT2D eigenvalue weighted by Gasteiger charge is 2.07. The standard InChI is InChI=1S/C13H10ClFN2O/c14-11-5-4-10(7-12(11)15)17-13(18)8-2-1-3-9(16)6-8/h1-7H,16H2,(H,17,18). The van der Waals surface area contributed by atoms with Gasteiger partial charge in [0.05, 0.1) is 5.02 Å². The Morgan fingerprint density at radius 3 is 2.67 bits per heavy atom. The molecule has 0 heterocycles. The Bertz CT molecular complexity index is 601. The van der Waals surface area contributed by atoms with Crippen molar-refractivity contribution in [2.45, 2.75) is 0 Å². The summed E-state index contributed by atoms with van der Waals surface area (Å²) in [5.74, 6) is -0.939. The van der Waals surface area contributed by atoms with Gasteiger partial charge in [-0.25, -0.2) is 4.39 Å². The first-order valence-electron chi connectivity index (χ1n) is 5.18. The molecular weight excluding hydrogens is 255 g/mol. The van der Waals surface area contributed by atoms with Crippen molar-refractivity contribution in [3.05, 3.63) is 58.9 Å². The van der Waals surface area contributed by atoms with Gasteiger partial charge in [0.15, 0.2) is 0 Å². The van der Waals surface area contributed by atoms with Crippen LogP contribution in [-0.4, -0.2) is 5.91 Å². The molecule has 0 aliphatic rings. The Hall–Kier alpha value is -2.07. The highest BCUT2D eigenvalue weighted by molar-refractivity contribution is 6.30. The third kappa shape index (κ3) is 2.78. The fraction of sp³-hybridized carbons (Fsp3) is 0. The van der Waals surface area contributed by atoms with Gasteiger partial charge in [-0.05, 0) is 36.4 Å². The molecule has 3 N–H and O–H groups in total. The molecule has 0 unspecified atom stereocenters. The lowest BCUT2D eigenvalue weighted by molar-refractivity contribution is 0.102. The molecule has 0 radical (unpaired) electrons. The molecule has 0 spiro atoms. The van der Waals surface area contributed by atoms with E-state index in [9.17, 15) is 9.18 Å². The van der Waals surface area contributed by atoms with Crippen LogP contribution in [0.5, 0.6) is 0 Å². The third-order valence-corrected chi connectivity index (χ3v) is 2.63. The SMILES string of the molecule is Nc1cccc(C(=O)Nc2ccc(Cl)c(F)c2)c1. The minimum absolute atomic E-state index is 0.0111. The number of rotatable bonds is 2. The Kier molecular flexibility index (Phi) is 3.48. The highest BCUT2D eigenvalue weighted by Crippen LogP contribution is 2.19. The van der Waals surface area contributed by atoms with E-state index in [4.69, 9.17) is 17.3 Å². The van der Waals surface area contributed by atoms with Gasteiger partial charge in [0.1, 0.15) is 5.82 Å². The summed E-state index contributed by atoms with van der Waals surface area (Å²) in [5.41, 5.74) is 6.81. The van der Waals surface area contributed by atoms with Crippen LogP contribution in [-0.2, 0) is 0 Å². The fourth-order valence-corrected chi connectivity index (χ4v) is 1.57. The van der Waals surface area contributed by atoms with Crippen molar-refractivity contribution >= 4 is 28.9 Å². The molecule has 0 bridgehead atoms. The number of halogens is 2. The van der Waals surface area contributed by atoms with E-state index in [0.717, 1.165) is 6.07 Å². The molecule has 0 aliphatic carbocycles. The van der Waals surface area contributed by atoms with Gasteiger partial charge in [-0.2, -0.15) is 0 Å².